The second-order valence-corrected chi connectivity index (χ2v) is 6.55. The van der Waals surface area contributed by atoms with Gasteiger partial charge in [0.15, 0.2) is 0 Å². The lowest BCUT2D eigenvalue weighted by Gasteiger charge is -2.16. The average molecular weight is 332 g/mol. The van der Waals surface area contributed by atoms with Gasteiger partial charge in [-0.1, -0.05) is 43.4 Å². The number of benzene rings is 1. The first-order valence-electron chi connectivity index (χ1n) is 8.46. The molecule has 0 N–H and O–H groups in total. The number of fused-ring (bicyclic) bond motifs is 1. The van der Waals surface area contributed by atoms with Crippen molar-refractivity contribution in [2.45, 2.75) is 51.4 Å². The number of aromatic nitrogens is 1. The molecular weight excluding hydrogens is 310 g/mol. The lowest BCUT2D eigenvalue weighted by atomic mass is 9.91. The highest BCUT2D eigenvalue weighted by atomic mass is 35.5. The molecule has 4 heteroatoms. The van der Waals surface area contributed by atoms with Gasteiger partial charge in [-0.25, -0.2) is 4.79 Å². The lowest BCUT2D eigenvalue weighted by Crippen LogP contribution is -2.06. The standard InChI is InChI=1S/C19H22ClNO2/c1-2-23-19(22)16-12-21-17-10-9-14(11-15(17)18(16)20)13-7-5-3-4-6-8-13/h9-13H,2-8H2,1H3. The average Bonchev–Trinajstić information content (AvgIpc) is 2.84. The van der Waals surface area contributed by atoms with Crippen molar-refractivity contribution in [3.05, 3.63) is 40.5 Å². The first kappa shape index (κ1) is 16.3. The number of nitrogens with zero attached hydrogens (tertiary/aromatic N) is 1. The minimum absolute atomic E-state index is 0.329. The van der Waals surface area contributed by atoms with Gasteiger partial charge in [-0.3, -0.25) is 4.98 Å². The van der Waals surface area contributed by atoms with E-state index < -0.39 is 5.97 Å². The van der Waals surface area contributed by atoms with Crippen LogP contribution in [0.25, 0.3) is 10.9 Å². The van der Waals surface area contributed by atoms with E-state index in [4.69, 9.17) is 16.3 Å². The molecule has 0 amide bonds. The quantitative estimate of drug-likeness (QED) is 0.550. The highest BCUT2D eigenvalue weighted by molar-refractivity contribution is 6.38. The molecular formula is C19H22ClNO2. The van der Waals surface area contributed by atoms with Crippen LogP contribution >= 0.6 is 11.6 Å². The van der Waals surface area contributed by atoms with Crippen LogP contribution in [-0.2, 0) is 4.74 Å². The maximum Gasteiger partial charge on any atom is 0.341 e. The minimum Gasteiger partial charge on any atom is -0.462 e. The SMILES string of the molecule is CCOC(=O)c1cnc2ccc(C3CCCCCC3)cc2c1Cl. The van der Waals surface area contributed by atoms with Gasteiger partial charge in [0, 0.05) is 11.6 Å². The summed E-state index contributed by atoms with van der Waals surface area (Å²) in [6.45, 7) is 2.11. The summed E-state index contributed by atoms with van der Waals surface area (Å²) in [5.74, 6) is 0.177. The van der Waals surface area contributed by atoms with Crippen LogP contribution in [0.4, 0.5) is 0 Å². The van der Waals surface area contributed by atoms with Gasteiger partial charge < -0.3 is 4.74 Å². The van der Waals surface area contributed by atoms with Crippen molar-refractivity contribution in [3.8, 4) is 0 Å². The topological polar surface area (TPSA) is 39.2 Å². The highest BCUT2D eigenvalue weighted by Crippen LogP contribution is 2.35. The van der Waals surface area contributed by atoms with E-state index in [1.54, 1.807) is 6.92 Å². The van der Waals surface area contributed by atoms with Crippen LogP contribution in [0.2, 0.25) is 5.02 Å². The summed E-state index contributed by atoms with van der Waals surface area (Å²) in [5, 5.41) is 1.29. The van der Waals surface area contributed by atoms with Crippen molar-refractivity contribution in [1.82, 2.24) is 4.98 Å². The molecule has 0 unspecified atom stereocenters. The number of halogens is 1. The monoisotopic (exact) mass is 331 g/mol. The number of pyridine rings is 1. The molecule has 1 aromatic carbocycles. The van der Waals surface area contributed by atoms with Gasteiger partial charge in [0.25, 0.3) is 0 Å². The predicted molar refractivity (Wildman–Crippen MR) is 93.2 cm³/mol. The molecule has 0 bridgehead atoms. The Balaban J connectivity index is 1.99. The van der Waals surface area contributed by atoms with Crippen LogP contribution < -0.4 is 0 Å². The van der Waals surface area contributed by atoms with Crippen LogP contribution in [-0.4, -0.2) is 17.6 Å². The van der Waals surface area contributed by atoms with Gasteiger partial charge in [0.2, 0.25) is 0 Å². The van der Waals surface area contributed by atoms with E-state index in [0.29, 0.717) is 23.1 Å². The molecule has 0 aliphatic heterocycles. The zero-order valence-electron chi connectivity index (χ0n) is 13.5. The molecule has 3 rings (SSSR count). The lowest BCUT2D eigenvalue weighted by molar-refractivity contribution is 0.0526. The number of carbonyl (C=O) groups is 1. The van der Waals surface area contributed by atoms with Gasteiger partial charge in [-0.2, -0.15) is 0 Å². The van der Waals surface area contributed by atoms with Gasteiger partial charge in [0.1, 0.15) is 0 Å². The largest absolute Gasteiger partial charge is 0.462 e. The fraction of sp³-hybridized carbons (Fsp3) is 0.474. The van der Waals surface area contributed by atoms with Crippen LogP contribution in [0.15, 0.2) is 24.4 Å². The Kier molecular flexibility index (Phi) is 5.16. The first-order valence-corrected chi connectivity index (χ1v) is 8.83. The predicted octanol–water partition coefficient (Wildman–Crippen LogP) is 5.50. The Morgan fingerprint density at radius 1 is 1.26 bits per heavy atom. The normalized spacial score (nSPS) is 16.3. The number of hydrogen-bond acceptors (Lipinski definition) is 3. The minimum atomic E-state index is -0.410. The molecule has 1 aliphatic carbocycles. The molecule has 2 aromatic rings. The Morgan fingerprint density at radius 2 is 2.00 bits per heavy atom. The Labute approximate surface area is 142 Å². The Hall–Kier alpha value is -1.61. The Bertz CT molecular complexity index is 706. The number of rotatable bonds is 3. The second-order valence-electron chi connectivity index (χ2n) is 6.17. The van der Waals surface area contributed by atoms with E-state index in [0.717, 1.165) is 10.9 Å². The van der Waals surface area contributed by atoms with Crippen LogP contribution in [0.1, 0.15) is 67.3 Å². The molecule has 1 heterocycles. The van der Waals surface area contributed by atoms with Gasteiger partial charge >= 0.3 is 5.97 Å². The van der Waals surface area contributed by atoms with E-state index in [1.807, 2.05) is 6.07 Å². The van der Waals surface area contributed by atoms with Crippen LogP contribution in [0.3, 0.4) is 0 Å². The fourth-order valence-corrected chi connectivity index (χ4v) is 3.67. The van der Waals surface area contributed by atoms with Crippen LogP contribution in [0.5, 0.6) is 0 Å². The molecule has 3 nitrogen and oxygen atoms in total. The van der Waals surface area contributed by atoms with Gasteiger partial charge in [-0.15, -0.1) is 0 Å². The van der Waals surface area contributed by atoms with Gasteiger partial charge in [0.05, 0.1) is 22.7 Å². The smallest absolute Gasteiger partial charge is 0.341 e. The van der Waals surface area contributed by atoms with Crippen molar-refractivity contribution < 1.29 is 9.53 Å². The molecule has 0 radical (unpaired) electrons. The molecule has 0 saturated heterocycles. The van der Waals surface area contributed by atoms with E-state index in [9.17, 15) is 4.79 Å². The molecule has 1 aromatic heterocycles. The van der Waals surface area contributed by atoms with E-state index in [2.05, 4.69) is 17.1 Å². The van der Waals surface area contributed by atoms with Crippen molar-refractivity contribution in [3.63, 3.8) is 0 Å². The van der Waals surface area contributed by atoms with Gasteiger partial charge in [-0.05, 0) is 43.4 Å². The fourth-order valence-electron chi connectivity index (χ4n) is 3.40. The summed E-state index contributed by atoms with van der Waals surface area (Å²) in [6, 6.07) is 6.28. The number of esters is 1. The summed E-state index contributed by atoms with van der Waals surface area (Å²) in [7, 11) is 0. The third-order valence-corrected chi connectivity index (χ3v) is 5.06. The Morgan fingerprint density at radius 3 is 2.70 bits per heavy atom. The van der Waals surface area contributed by atoms with E-state index in [-0.39, 0.29) is 0 Å². The molecule has 1 aliphatic rings. The zero-order chi connectivity index (χ0) is 16.2. The second kappa shape index (κ2) is 7.31. The number of hydrogen-bond donors (Lipinski definition) is 0. The summed E-state index contributed by atoms with van der Waals surface area (Å²) in [5.41, 5.74) is 2.48. The summed E-state index contributed by atoms with van der Waals surface area (Å²) in [6.07, 6.45) is 9.21. The molecule has 1 saturated carbocycles. The molecule has 0 atom stereocenters. The summed E-state index contributed by atoms with van der Waals surface area (Å²) in [4.78, 5) is 16.4. The third kappa shape index (κ3) is 3.50. The number of ether oxygens (including phenoxy) is 1. The summed E-state index contributed by atoms with van der Waals surface area (Å²) < 4.78 is 5.06. The van der Waals surface area contributed by atoms with E-state index >= 15 is 0 Å². The van der Waals surface area contributed by atoms with Crippen molar-refractivity contribution in [2.24, 2.45) is 0 Å². The van der Waals surface area contributed by atoms with Crippen LogP contribution in [0, 0.1) is 0 Å². The maximum absolute atomic E-state index is 12.0. The van der Waals surface area contributed by atoms with Crippen molar-refractivity contribution in [2.75, 3.05) is 6.61 Å². The molecule has 122 valence electrons. The third-order valence-electron chi connectivity index (χ3n) is 4.65. The zero-order valence-corrected chi connectivity index (χ0v) is 14.2. The van der Waals surface area contributed by atoms with E-state index in [1.165, 1.54) is 50.3 Å². The first-order chi connectivity index (χ1) is 11.2. The maximum atomic E-state index is 12.0. The van der Waals surface area contributed by atoms with Crippen molar-refractivity contribution >= 4 is 28.5 Å². The molecule has 0 spiro atoms. The summed E-state index contributed by atoms with van der Waals surface area (Å²) >= 11 is 6.47. The number of carbonyl (C=O) groups excluding carboxylic acids is 1. The molecule has 1 fully saturated rings. The van der Waals surface area contributed by atoms with Crippen molar-refractivity contribution in [1.29, 1.82) is 0 Å². The molecule has 23 heavy (non-hydrogen) atoms. The highest BCUT2D eigenvalue weighted by Gasteiger charge is 2.18.